The average molecular weight is 614 g/mol. The predicted octanol–water partition coefficient (Wildman–Crippen LogP) is 7.33. The molecule has 3 fully saturated rings. The van der Waals surface area contributed by atoms with E-state index in [0.717, 1.165) is 94.0 Å². The Kier molecular flexibility index (Phi) is 11.4. The molecule has 0 radical (unpaired) electrons. The summed E-state index contributed by atoms with van der Waals surface area (Å²) in [5.41, 5.74) is 5.83. The number of aryl methyl sites for hydroxylation is 3. The Hall–Kier alpha value is -3.12. The van der Waals surface area contributed by atoms with Crippen LogP contribution in [0, 0.1) is 36.5 Å². The van der Waals surface area contributed by atoms with Crippen molar-refractivity contribution < 1.29 is 15.8 Å². The number of anilines is 1. The number of piperidine rings is 1. The zero-order valence-electron chi connectivity index (χ0n) is 27.7. The molecule has 0 aromatic heterocycles. The molecule has 5 atom stereocenters. The Labute approximate surface area is 271 Å². The second-order valence-electron chi connectivity index (χ2n) is 14.0. The van der Waals surface area contributed by atoms with Gasteiger partial charge >= 0.3 is 0 Å². The summed E-state index contributed by atoms with van der Waals surface area (Å²) in [6.07, 6.45) is 11.5. The molecule has 1 aliphatic heterocycles. The molecule has 1 unspecified atom stereocenters. The molecule has 2 aromatic rings. The first-order valence-electron chi connectivity index (χ1n) is 17.5. The molecule has 6 heteroatoms. The number of nitrogens with zero attached hydrogens (tertiary/aromatic N) is 2. The molecule has 2 aromatic carbocycles. The molecule has 3 aliphatic rings. The number of hydrogen-bond acceptors (Lipinski definition) is 6. The van der Waals surface area contributed by atoms with Crippen molar-refractivity contribution in [1.82, 2.24) is 5.32 Å². The molecule has 6 nitrogen and oxygen atoms in total. The van der Waals surface area contributed by atoms with E-state index in [1.54, 1.807) is 5.01 Å². The number of rotatable bonds is 14. The van der Waals surface area contributed by atoms with Crippen LogP contribution in [0.15, 0.2) is 47.6 Å². The van der Waals surface area contributed by atoms with E-state index in [4.69, 9.17) is 0 Å². The summed E-state index contributed by atoms with van der Waals surface area (Å²) < 4.78 is 0. The zero-order chi connectivity index (χ0) is 31.9. The van der Waals surface area contributed by atoms with Crippen molar-refractivity contribution in [1.29, 1.82) is 0 Å². The largest absolute Gasteiger partial charge is 0.307 e. The van der Waals surface area contributed by atoms with E-state index >= 15 is 0 Å². The summed E-state index contributed by atoms with van der Waals surface area (Å²) in [5.74, 6) is 0.115. The lowest BCUT2D eigenvalue weighted by molar-refractivity contribution is -0.138. The lowest BCUT2D eigenvalue weighted by atomic mass is 9.75. The fraction of sp³-hybridized carbons (Fsp3) is 0.590. The topological polar surface area (TPSA) is 78.8 Å². The first kappa shape index (κ1) is 33.2. The molecule has 0 spiro atoms. The summed E-state index contributed by atoms with van der Waals surface area (Å²) in [4.78, 5) is 42.0. The fourth-order valence-electron chi connectivity index (χ4n) is 8.45. The maximum atomic E-state index is 14.4. The fourth-order valence-corrected chi connectivity index (χ4v) is 8.45. The van der Waals surface area contributed by atoms with Crippen LogP contribution in [0.4, 0.5) is 5.69 Å². The third-order valence-electron chi connectivity index (χ3n) is 10.9. The Balaban J connectivity index is 0.00000480. The van der Waals surface area contributed by atoms with Crippen molar-refractivity contribution >= 4 is 29.8 Å². The molecule has 1 saturated heterocycles. The molecule has 2 saturated carbocycles. The number of hydrogen-bond donors (Lipinski definition) is 1. The van der Waals surface area contributed by atoms with Crippen LogP contribution in [0.1, 0.15) is 94.8 Å². The van der Waals surface area contributed by atoms with Gasteiger partial charge < -0.3 is 5.32 Å². The SMILES string of the molecule is C=NN(C)c1ccc(CCC(=O)[C@@H]2C[C@@H](Cc3ccc(CCC)cc3)CC2C(=O)[C@@H]2NCCC[C@@H]2C(=O)C2CCCC2)cc1C.[HH]. The van der Waals surface area contributed by atoms with Gasteiger partial charge in [0.2, 0.25) is 0 Å². The van der Waals surface area contributed by atoms with Gasteiger partial charge in [-0.15, -0.1) is 0 Å². The summed E-state index contributed by atoms with van der Waals surface area (Å²) in [6.45, 7) is 8.62. The van der Waals surface area contributed by atoms with Crippen LogP contribution in [0.2, 0.25) is 0 Å². The van der Waals surface area contributed by atoms with E-state index in [2.05, 4.69) is 60.5 Å². The van der Waals surface area contributed by atoms with Crippen LogP contribution in [0.3, 0.4) is 0 Å². The number of hydrazone groups is 1. The molecule has 0 bridgehead atoms. The van der Waals surface area contributed by atoms with E-state index in [1.807, 2.05) is 20.0 Å². The molecule has 244 valence electrons. The van der Waals surface area contributed by atoms with Gasteiger partial charge in [-0.25, -0.2) is 0 Å². The predicted molar refractivity (Wildman–Crippen MR) is 185 cm³/mol. The molecule has 0 amide bonds. The van der Waals surface area contributed by atoms with Crippen molar-refractivity contribution in [3.63, 3.8) is 0 Å². The Bertz CT molecular complexity index is 1350. The van der Waals surface area contributed by atoms with Crippen molar-refractivity contribution in [2.24, 2.45) is 34.7 Å². The summed E-state index contributed by atoms with van der Waals surface area (Å²) >= 11 is 0. The van der Waals surface area contributed by atoms with Gasteiger partial charge in [-0.2, -0.15) is 5.10 Å². The van der Waals surface area contributed by atoms with E-state index in [1.165, 1.54) is 11.1 Å². The number of benzene rings is 2. The van der Waals surface area contributed by atoms with Gasteiger partial charge in [0.25, 0.3) is 0 Å². The van der Waals surface area contributed by atoms with Gasteiger partial charge in [0.1, 0.15) is 11.6 Å². The lowest BCUT2D eigenvalue weighted by Crippen LogP contribution is -2.53. The highest BCUT2D eigenvalue weighted by Crippen LogP contribution is 2.42. The highest BCUT2D eigenvalue weighted by molar-refractivity contribution is 5.97. The van der Waals surface area contributed by atoms with Crippen molar-refractivity contribution in [2.75, 3.05) is 18.6 Å². The summed E-state index contributed by atoms with van der Waals surface area (Å²) in [5, 5.41) is 9.23. The van der Waals surface area contributed by atoms with Gasteiger partial charge in [-0.1, -0.05) is 62.6 Å². The third kappa shape index (κ3) is 8.00. The van der Waals surface area contributed by atoms with Gasteiger partial charge in [0, 0.05) is 45.3 Å². The Morgan fingerprint density at radius 2 is 1.58 bits per heavy atom. The maximum absolute atomic E-state index is 14.4. The first-order chi connectivity index (χ1) is 21.8. The van der Waals surface area contributed by atoms with Crippen LogP contribution in [0.5, 0.6) is 0 Å². The monoisotopic (exact) mass is 613 g/mol. The Morgan fingerprint density at radius 1 is 0.889 bits per heavy atom. The minimum absolute atomic E-state index is 0. The number of Topliss-reactive ketones (excluding diaryl/α,β-unsaturated/α-hetero) is 3. The van der Waals surface area contributed by atoms with E-state index < -0.39 is 6.04 Å². The molecule has 1 heterocycles. The summed E-state index contributed by atoms with van der Waals surface area (Å²) in [7, 11) is 1.87. The molecule has 5 rings (SSSR count). The maximum Gasteiger partial charge on any atom is 0.154 e. The van der Waals surface area contributed by atoms with Gasteiger partial charge in [-0.05, 0) is 105 Å². The van der Waals surface area contributed by atoms with E-state index in [9.17, 15) is 14.4 Å². The second kappa shape index (κ2) is 15.4. The number of nitrogens with one attached hydrogen (secondary N) is 1. The molecule has 45 heavy (non-hydrogen) atoms. The zero-order valence-corrected chi connectivity index (χ0v) is 27.7. The number of carbonyl (C=O) groups excluding carboxylic acids is 3. The van der Waals surface area contributed by atoms with Crippen LogP contribution >= 0.6 is 0 Å². The van der Waals surface area contributed by atoms with Gasteiger partial charge in [0.15, 0.2) is 5.78 Å². The minimum Gasteiger partial charge on any atom is -0.307 e. The van der Waals surface area contributed by atoms with Crippen molar-refractivity contribution in [3.8, 4) is 0 Å². The second-order valence-corrected chi connectivity index (χ2v) is 14.0. The van der Waals surface area contributed by atoms with E-state index in [0.29, 0.717) is 18.6 Å². The average Bonchev–Trinajstić information content (AvgIpc) is 3.75. The van der Waals surface area contributed by atoms with Crippen molar-refractivity contribution in [3.05, 3.63) is 64.7 Å². The van der Waals surface area contributed by atoms with Crippen LogP contribution < -0.4 is 10.3 Å². The highest BCUT2D eigenvalue weighted by atomic mass is 16.1. The molecular weight excluding hydrogens is 558 g/mol. The Morgan fingerprint density at radius 3 is 2.27 bits per heavy atom. The van der Waals surface area contributed by atoms with Gasteiger partial charge in [0.05, 0.1) is 11.7 Å². The summed E-state index contributed by atoms with van der Waals surface area (Å²) in [6, 6.07) is 14.7. The van der Waals surface area contributed by atoms with Crippen molar-refractivity contribution in [2.45, 2.75) is 103 Å². The molecule has 1 N–H and O–H groups in total. The minimum atomic E-state index is -0.454. The van der Waals surface area contributed by atoms with Crippen LogP contribution in [-0.4, -0.2) is 43.7 Å². The molecule has 2 aliphatic carbocycles. The number of carbonyl (C=O) groups is 3. The van der Waals surface area contributed by atoms with Gasteiger partial charge in [-0.3, -0.25) is 19.4 Å². The number of ketones is 3. The highest BCUT2D eigenvalue weighted by Gasteiger charge is 2.47. The first-order valence-corrected chi connectivity index (χ1v) is 17.5. The smallest absolute Gasteiger partial charge is 0.154 e. The molecular formula is C39H55N3O3. The van der Waals surface area contributed by atoms with E-state index in [-0.39, 0.29) is 42.6 Å². The van der Waals surface area contributed by atoms with Crippen LogP contribution in [0.25, 0.3) is 0 Å². The van der Waals surface area contributed by atoms with Crippen LogP contribution in [-0.2, 0) is 33.6 Å². The lowest BCUT2D eigenvalue weighted by Gasteiger charge is -2.34. The normalized spacial score (nSPS) is 25.3. The third-order valence-corrected chi connectivity index (χ3v) is 10.9. The quantitative estimate of drug-likeness (QED) is 0.178. The standard InChI is InChI=1S/C39H53N3O3.H2/c1-5-9-27-13-15-29(16-14-27)23-30-24-33(36(43)20-18-28-17-19-35(26(2)22-28)42(4)40-3)34(25-30)39(45)37-32(12-8-21-41-37)38(44)31-10-6-7-11-31;/h13-17,19,22,30-34,37,41H,3,5-12,18,20-21,23-25H2,1-2,4H3;1H/t30-,32+,33-,34?,37-;/m1./s1.